The van der Waals surface area contributed by atoms with Crippen molar-refractivity contribution < 1.29 is 0 Å². The number of hydrogen-bond acceptors (Lipinski definition) is 3. The first-order chi connectivity index (χ1) is 13.6. The molecule has 3 aromatic carbocycles. The van der Waals surface area contributed by atoms with Crippen LogP contribution in [0.3, 0.4) is 0 Å². The number of nitrogens with zero attached hydrogens (tertiary/aromatic N) is 2. The standard InChI is InChI=1S/C22H16N4O2/c1-13-11-18(25-24-13)15-6-4-7-16(12-15)26-19-10-9-14-5-2-3-8-17(14)20(19)23-21(27)22(26)28/h2-12H,1H3,(H,23,27)(H,24,25). The van der Waals surface area contributed by atoms with Crippen LogP contribution in [-0.4, -0.2) is 19.7 Å². The lowest BCUT2D eigenvalue weighted by Gasteiger charge is -2.12. The highest BCUT2D eigenvalue weighted by Gasteiger charge is 2.13. The van der Waals surface area contributed by atoms with E-state index in [1.807, 2.05) is 73.7 Å². The van der Waals surface area contributed by atoms with Gasteiger partial charge in [-0.05, 0) is 36.6 Å². The van der Waals surface area contributed by atoms with E-state index in [0.717, 1.165) is 27.7 Å². The largest absolute Gasteiger partial charge is 0.321 e. The van der Waals surface area contributed by atoms with Gasteiger partial charge in [0.2, 0.25) is 0 Å². The van der Waals surface area contributed by atoms with Crippen molar-refractivity contribution in [1.29, 1.82) is 0 Å². The molecule has 6 nitrogen and oxygen atoms in total. The van der Waals surface area contributed by atoms with E-state index in [4.69, 9.17) is 0 Å². The van der Waals surface area contributed by atoms with E-state index in [-0.39, 0.29) is 0 Å². The molecule has 0 unspecified atom stereocenters. The van der Waals surface area contributed by atoms with Gasteiger partial charge < -0.3 is 4.98 Å². The number of fused-ring (bicyclic) bond motifs is 3. The predicted molar refractivity (Wildman–Crippen MR) is 110 cm³/mol. The van der Waals surface area contributed by atoms with Gasteiger partial charge >= 0.3 is 11.1 Å². The van der Waals surface area contributed by atoms with E-state index in [0.29, 0.717) is 16.7 Å². The van der Waals surface area contributed by atoms with E-state index in [9.17, 15) is 9.59 Å². The minimum atomic E-state index is -0.648. The van der Waals surface area contributed by atoms with Crippen molar-refractivity contribution >= 4 is 21.8 Å². The third-order valence-corrected chi connectivity index (χ3v) is 4.89. The highest BCUT2D eigenvalue weighted by molar-refractivity contribution is 6.04. The molecule has 136 valence electrons. The Hall–Kier alpha value is -3.93. The molecule has 28 heavy (non-hydrogen) atoms. The number of aromatic amines is 2. The lowest BCUT2D eigenvalue weighted by molar-refractivity contribution is 0.988. The van der Waals surface area contributed by atoms with Gasteiger partial charge in [-0.25, -0.2) is 0 Å². The minimum Gasteiger partial charge on any atom is -0.315 e. The second kappa shape index (κ2) is 6.06. The summed E-state index contributed by atoms with van der Waals surface area (Å²) in [5, 5.41) is 9.10. The summed E-state index contributed by atoms with van der Waals surface area (Å²) >= 11 is 0. The van der Waals surface area contributed by atoms with Crippen molar-refractivity contribution in [2.24, 2.45) is 0 Å². The van der Waals surface area contributed by atoms with Crippen molar-refractivity contribution in [2.75, 3.05) is 0 Å². The Bertz CT molecular complexity index is 1470. The van der Waals surface area contributed by atoms with Crippen molar-refractivity contribution in [2.45, 2.75) is 6.92 Å². The average Bonchev–Trinajstić information content (AvgIpc) is 3.15. The van der Waals surface area contributed by atoms with Crippen LogP contribution in [0, 0.1) is 6.92 Å². The molecule has 0 fully saturated rings. The van der Waals surface area contributed by atoms with Crippen LogP contribution < -0.4 is 11.1 Å². The van der Waals surface area contributed by atoms with E-state index >= 15 is 0 Å². The molecule has 2 N–H and O–H groups in total. The lowest BCUT2D eigenvalue weighted by Crippen LogP contribution is -2.35. The molecule has 0 saturated carbocycles. The normalized spacial score (nSPS) is 11.3. The Morgan fingerprint density at radius 1 is 0.929 bits per heavy atom. The third-order valence-electron chi connectivity index (χ3n) is 4.89. The quantitative estimate of drug-likeness (QED) is 0.369. The molecule has 0 aliphatic rings. The lowest BCUT2D eigenvalue weighted by atomic mass is 10.1. The summed E-state index contributed by atoms with van der Waals surface area (Å²) in [4.78, 5) is 27.9. The van der Waals surface area contributed by atoms with Crippen LogP contribution in [0.5, 0.6) is 0 Å². The van der Waals surface area contributed by atoms with Gasteiger partial charge in [0.15, 0.2) is 0 Å². The highest BCUT2D eigenvalue weighted by Crippen LogP contribution is 2.25. The summed E-state index contributed by atoms with van der Waals surface area (Å²) in [5.41, 5.74) is 3.25. The van der Waals surface area contributed by atoms with Gasteiger partial charge in [-0.3, -0.25) is 19.3 Å². The Kier molecular flexibility index (Phi) is 3.52. The summed E-state index contributed by atoms with van der Waals surface area (Å²) in [6.07, 6.45) is 0. The molecule has 5 aromatic rings. The summed E-state index contributed by atoms with van der Waals surface area (Å²) in [7, 11) is 0. The number of aryl methyl sites for hydroxylation is 1. The van der Waals surface area contributed by atoms with Crippen LogP contribution in [0.1, 0.15) is 5.69 Å². The monoisotopic (exact) mass is 368 g/mol. The maximum Gasteiger partial charge on any atom is 0.321 e. The molecule has 0 amide bonds. The van der Waals surface area contributed by atoms with Gasteiger partial charge in [-0.1, -0.05) is 42.5 Å². The third kappa shape index (κ3) is 2.46. The zero-order chi connectivity index (χ0) is 19.3. The Morgan fingerprint density at radius 2 is 1.79 bits per heavy atom. The molecule has 0 saturated heterocycles. The first kappa shape index (κ1) is 16.3. The van der Waals surface area contributed by atoms with Crippen molar-refractivity contribution in [1.82, 2.24) is 19.7 Å². The molecule has 2 heterocycles. The van der Waals surface area contributed by atoms with E-state index in [1.54, 1.807) is 0 Å². The van der Waals surface area contributed by atoms with Crippen molar-refractivity contribution in [3.05, 3.63) is 93.1 Å². The van der Waals surface area contributed by atoms with Crippen LogP contribution in [0.4, 0.5) is 0 Å². The molecule has 2 aromatic heterocycles. The maximum absolute atomic E-state index is 12.8. The number of rotatable bonds is 2. The van der Waals surface area contributed by atoms with Gasteiger partial charge in [0.25, 0.3) is 0 Å². The van der Waals surface area contributed by atoms with Gasteiger partial charge in [-0.15, -0.1) is 0 Å². The number of benzene rings is 3. The van der Waals surface area contributed by atoms with Crippen LogP contribution in [0.2, 0.25) is 0 Å². The van der Waals surface area contributed by atoms with Crippen molar-refractivity contribution in [3.8, 4) is 16.9 Å². The molecule has 0 aliphatic carbocycles. The van der Waals surface area contributed by atoms with E-state index < -0.39 is 11.1 Å². The number of H-pyrrole nitrogens is 2. The minimum absolute atomic E-state index is 0.613. The number of aromatic nitrogens is 4. The first-order valence-electron chi connectivity index (χ1n) is 8.91. The Morgan fingerprint density at radius 3 is 2.61 bits per heavy atom. The molecular formula is C22H16N4O2. The van der Waals surface area contributed by atoms with E-state index in [1.165, 1.54) is 4.57 Å². The molecule has 0 atom stereocenters. The number of nitrogens with one attached hydrogen (secondary N) is 2. The maximum atomic E-state index is 12.8. The Balaban J connectivity index is 1.84. The van der Waals surface area contributed by atoms with E-state index in [2.05, 4.69) is 15.2 Å². The Labute approximate surface area is 159 Å². The molecular weight excluding hydrogens is 352 g/mol. The highest BCUT2D eigenvalue weighted by atomic mass is 16.2. The molecule has 6 heteroatoms. The van der Waals surface area contributed by atoms with Crippen LogP contribution >= 0.6 is 0 Å². The van der Waals surface area contributed by atoms with Crippen LogP contribution in [0.15, 0.2) is 76.3 Å². The second-order valence-electron chi connectivity index (χ2n) is 6.76. The summed E-state index contributed by atoms with van der Waals surface area (Å²) in [5.74, 6) is 0. The van der Waals surface area contributed by atoms with Crippen molar-refractivity contribution in [3.63, 3.8) is 0 Å². The number of hydrogen-bond donors (Lipinski definition) is 2. The molecule has 0 bridgehead atoms. The summed E-state index contributed by atoms with van der Waals surface area (Å²) in [6, 6.07) is 21.0. The average molecular weight is 368 g/mol. The second-order valence-corrected chi connectivity index (χ2v) is 6.76. The molecule has 0 radical (unpaired) electrons. The summed E-state index contributed by atoms with van der Waals surface area (Å²) in [6.45, 7) is 1.93. The SMILES string of the molecule is Cc1cc(-c2cccc(-n3c(=O)c(=O)[nH]c4c5ccccc5ccc43)c2)n[nH]1. The van der Waals surface area contributed by atoms with Gasteiger partial charge in [-0.2, -0.15) is 5.10 Å². The van der Waals surface area contributed by atoms with Gasteiger partial charge in [0.1, 0.15) is 0 Å². The fourth-order valence-corrected chi connectivity index (χ4v) is 3.58. The van der Waals surface area contributed by atoms with Crippen LogP contribution in [0.25, 0.3) is 38.8 Å². The smallest absolute Gasteiger partial charge is 0.315 e. The fraction of sp³-hybridized carbons (Fsp3) is 0.0455. The summed E-state index contributed by atoms with van der Waals surface area (Å²) < 4.78 is 1.46. The topological polar surface area (TPSA) is 83.5 Å². The zero-order valence-electron chi connectivity index (χ0n) is 15.1. The molecule has 0 spiro atoms. The molecule has 5 rings (SSSR count). The van der Waals surface area contributed by atoms with Crippen LogP contribution in [-0.2, 0) is 0 Å². The zero-order valence-corrected chi connectivity index (χ0v) is 15.1. The van der Waals surface area contributed by atoms with Gasteiger partial charge in [0, 0.05) is 16.6 Å². The predicted octanol–water partition coefficient (Wildman–Crippen LogP) is 3.53. The fourth-order valence-electron chi connectivity index (χ4n) is 3.58. The molecule has 0 aliphatic heterocycles. The first-order valence-corrected chi connectivity index (χ1v) is 8.91. The van der Waals surface area contributed by atoms with Gasteiger partial charge in [0.05, 0.1) is 22.4 Å².